The Labute approximate surface area is 248 Å². The van der Waals surface area contributed by atoms with E-state index in [1.165, 1.54) is 10.7 Å². The molecule has 4 saturated heterocycles. The van der Waals surface area contributed by atoms with Crippen LogP contribution < -0.4 is 20.5 Å². The van der Waals surface area contributed by atoms with Crippen molar-refractivity contribution in [2.45, 2.75) is 55.9 Å². The van der Waals surface area contributed by atoms with Gasteiger partial charge in [-0.1, -0.05) is 18.1 Å². The van der Waals surface area contributed by atoms with Gasteiger partial charge >= 0.3 is 0 Å². The van der Waals surface area contributed by atoms with Gasteiger partial charge < -0.3 is 20.1 Å². The van der Waals surface area contributed by atoms with Crippen molar-refractivity contribution < 1.29 is 14.2 Å². The highest BCUT2D eigenvalue weighted by Crippen LogP contribution is 2.41. The first-order chi connectivity index (χ1) is 20.9. The Morgan fingerprint density at radius 1 is 1.16 bits per heavy atom. The summed E-state index contributed by atoms with van der Waals surface area (Å²) in [6.45, 7) is 3.25. The van der Waals surface area contributed by atoms with Crippen molar-refractivity contribution in [1.82, 2.24) is 25.0 Å². The monoisotopic (exact) mass is 580 g/mol. The molecule has 2 aromatic heterocycles. The van der Waals surface area contributed by atoms with Crippen molar-refractivity contribution in [3.8, 4) is 29.7 Å². The third kappa shape index (κ3) is 4.33. The maximum atomic E-state index is 14.5. The Bertz CT molecular complexity index is 1860. The second-order valence-electron chi connectivity index (χ2n) is 12.5. The highest BCUT2D eigenvalue weighted by atomic mass is 19.1. The molecule has 0 aliphatic carbocycles. The minimum atomic E-state index is -0.858. The van der Waals surface area contributed by atoms with E-state index < -0.39 is 11.7 Å². The van der Waals surface area contributed by atoms with E-state index in [9.17, 15) is 14.3 Å². The van der Waals surface area contributed by atoms with Crippen LogP contribution in [0.25, 0.3) is 27.4 Å². The van der Waals surface area contributed by atoms with Crippen LogP contribution in [0.3, 0.4) is 0 Å². The number of phenolic OH excluding ortho intramolecular Hbond substituents is 1. The lowest BCUT2D eigenvalue weighted by molar-refractivity contribution is 0.111. The second kappa shape index (κ2) is 9.93. The second-order valence-corrected chi connectivity index (χ2v) is 12.5. The van der Waals surface area contributed by atoms with Crippen molar-refractivity contribution in [3.05, 3.63) is 58.5 Å². The summed E-state index contributed by atoms with van der Waals surface area (Å²) in [5.41, 5.74) is 1.27. The number of nitrogens with zero attached hydrogens (tertiary/aromatic N) is 5. The Balaban J connectivity index is 1.27. The van der Waals surface area contributed by atoms with E-state index in [2.05, 4.69) is 26.1 Å². The highest BCUT2D eigenvalue weighted by molar-refractivity contribution is 5.97. The summed E-state index contributed by atoms with van der Waals surface area (Å²) in [4.78, 5) is 23.5. The molecule has 0 spiro atoms. The van der Waals surface area contributed by atoms with Gasteiger partial charge in [0.15, 0.2) is 0 Å². The fraction of sp³-hybridized carbons (Fsp3) is 0.424. The summed E-state index contributed by atoms with van der Waals surface area (Å²) in [6, 6.07) is 11.2. The van der Waals surface area contributed by atoms with E-state index in [-0.39, 0.29) is 16.8 Å². The smallest absolute Gasteiger partial charge is 0.298 e. The fourth-order valence-corrected chi connectivity index (χ4v) is 7.91. The van der Waals surface area contributed by atoms with Gasteiger partial charge in [0, 0.05) is 66.6 Å². The molecular formula is C33H33FN6O3. The highest BCUT2D eigenvalue weighted by Gasteiger charge is 2.49. The topological polar surface area (TPSA) is 95.8 Å². The fourth-order valence-electron chi connectivity index (χ4n) is 7.91. The number of nitrogens with one attached hydrogen (secondary N) is 1. The maximum absolute atomic E-state index is 14.5. The number of benzene rings is 2. The van der Waals surface area contributed by atoms with Crippen molar-refractivity contribution in [2.75, 3.05) is 37.7 Å². The number of alkyl halides is 1. The first kappa shape index (κ1) is 26.4. The lowest BCUT2D eigenvalue weighted by Gasteiger charge is -2.35. The molecule has 2 bridgehead atoms. The molecule has 4 fully saturated rings. The quantitative estimate of drug-likeness (QED) is 0.347. The number of anilines is 1. The normalized spacial score (nSPS) is 26.7. The van der Waals surface area contributed by atoms with Crippen molar-refractivity contribution in [1.29, 1.82) is 0 Å². The summed E-state index contributed by atoms with van der Waals surface area (Å²) < 4.78 is 22.1. The predicted molar refractivity (Wildman–Crippen MR) is 163 cm³/mol. The van der Waals surface area contributed by atoms with Crippen LogP contribution in [0, 0.1) is 12.3 Å². The average Bonchev–Trinajstić information content (AvgIpc) is 3.65. The van der Waals surface area contributed by atoms with Crippen LogP contribution in [0.2, 0.25) is 0 Å². The Morgan fingerprint density at radius 3 is 2.81 bits per heavy atom. The molecular weight excluding hydrogens is 547 g/mol. The zero-order valence-electron chi connectivity index (χ0n) is 23.8. The van der Waals surface area contributed by atoms with Gasteiger partial charge in [0.25, 0.3) is 5.56 Å². The molecule has 4 aromatic rings. The maximum Gasteiger partial charge on any atom is 0.298 e. The Hall–Kier alpha value is -4.20. The van der Waals surface area contributed by atoms with Crippen molar-refractivity contribution in [3.63, 3.8) is 0 Å². The molecule has 220 valence electrons. The van der Waals surface area contributed by atoms with Crippen LogP contribution >= 0.6 is 0 Å². The molecule has 4 aliphatic rings. The van der Waals surface area contributed by atoms with Gasteiger partial charge in [-0.05, 0) is 49.7 Å². The van der Waals surface area contributed by atoms with Crippen LogP contribution in [0.5, 0.6) is 11.6 Å². The number of hydrogen-bond donors (Lipinski definition) is 2. The number of terminal acetylenes is 1. The third-order valence-corrected chi connectivity index (χ3v) is 9.84. The third-order valence-electron chi connectivity index (χ3n) is 9.84. The first-order valence-corrected chi connectivity index (χ1v) is 15.1. The van der Waals surface area contributed by atoms with Gasteiger partial charge in [-0.3, -0.25) is 9.69 Å². The van der Waals surface area contributed by atoms with Crippen molar-refractivity contribution >= 4 is 27.4 Å². The Morgan fingerprint density at radius 2 is 2.00 bits per heavy atom. The van der Waals surface area contributed by atoms with Crippen LogP contribution in [-0.2, 0) is 0 Å². The molecule has 0 saturated carbocycles. The summed E-state index contributed by atoms with van der Waals surface area (Å²) in [7, 11) is 0. The van der Waals surface area contributed by atoms with E-state index in [4.69, 9.17) is 16.1 Å². The van der Waals surface area contributed by atoms with Gasteiger partial charge in [-0.2, -0.15) is 9.78 Å². The number of hydrogen-bond acceptors (Lipinski definition) is 8. The molecule has 4 atom stereocenters. The number of aromatic hydroxyl groups is 1. The van der Waals surface area contributed by atoms with Crippen LogP contribution in [0.15, 0.2) is 47.4 Å². The minimum absolute atomic E-state index is 0.00408. The molecule has 0 radical (unpaired) electrons. The number of phenols is 1. The van der Waals surface area contributed by atoms with E-state index in [1.807, 2.05) is 18.2 Å². The van der Waals surface area contributed by atoms with Gasteiger partial charge in [-0.15, -0.1) is 6.42 Å². The molecule has 6 heterocycles. The number of ether oxygens (including phenoxy) is 1. The van der Waals surface area contributed by atoms with Gasteiger partial charge in [0.1, 0.15) is 24.0 Å². The lowest BCUT2D eigenvalue weighted by atomic mass is 9.95. The van der Waals surface area contributed by atoms with E-state index in [0.717, 1.165) is 51.0 Å². The molecule has 2 aromatic carbocycles. The molecule has 0 amide bonds. The molecule has 4 aliphatic heterocycles. The van der Waals surface area contributed by atoms with Gasteiger partial charge in [-0.25, -0.2) is 9.37 Å². The predicted octanol–water partition coefficient (Wildman–Crippen LogP) is 3.52. The summed E-state index contributed by atoms with van der Waals surface area (Å²) >= 11 is 0. The lowest BCUT2D eigenvalue weighted by Crippen LogP contribution is -2.51. The molecule has 8 rings (SSSR count). The minimum Gasteiger partial charge on any atom is -0.508 e. The van der Waals surface area contributed by atoms with E-state index in [1.54, 1.807) is 18.3 Å². The summed E-state index contributed by atoms with van der Waals surface area (Å²) in [6.07, 6.45) is 11.2. The number of pyridine rings is 1. The van der Waals surface area contributed by atoms with Crippen LogP contribution in [0.1, 0.15) is 37.7 Å². The average molecular weight is 581 g/mol. The molecule has 43 heavy (non-hydrogen) atoms. The molecule has 2 unspecified atom stereocenters. The zero-order valence-corrected chi connectivity index (χ0v) is 23.8. The van der Waals surface area contributed by atoms with Gasteiger partial charge in [0.05, 0.1) is 23.1 Å². The van der Waals surface area contributed by atoms with Gasteiger partial charge in [0.2, 0.25) is 5.88 Å². The van der Waals surface area contributed by atoms with Crippen LogP contribution in [0.4, 0.5) is 10.1 Å². The summed E-state index contributed by atoms with van der Waals surface area (Å²) in [5.74, 6) is 3.03. The van der Waals surface area contributed by atoms with E-state index >= 15 is 0 Å². The largest absolute Gasteiger partial charge is 0.508 e. The number of piperazine rings is 1. The number of rotatable bonds is 5. The van der Waals surface area contributed by atoms with Crippen molar-refractivity contribution in [2.24, 2.45) is 0 Å². The zero-order chi connectivity index (χ0) is 29.3. The molecule has 2 N–H and O–H groups in total. The molecule has 10 heteroatoms. The Kier molecular flexibility index (Phi) is 6.10. The standard InChI is InChI=1S/C33H33FN6O3/c1-2-20-5-3-6-21-11-25(41)12-28(30(20)21)40-32(42)31-26(15-35-40)27(38-17-23-7-8-24(18-38)36-23)13-29(37-31)43-19-33-9-4-10-39(33)16-22(34)14-33/h1,3,5-6,11-13,15,22-24,36,41H,4,7-10,14,16-19H2/t22-,23?,24?,33+/m1/s1. The number of halogens is 1. The number of aromatic nitrogens is 3. The first-order valence-electron chi connectivity index (χ1n) is 15.1. The SMILES string of the molecule is C#Cc1cccc2cc(O)cc(-n3ncc4c(N5CC6CCC(C5)N6)cc(OC[C@@]56CCCN5C[C@H](F)C6)nc4c3=O)c12. The van der Waals surface area contributed by atoms with E-state index in [0.29, 0.717) is 64.9 Å². The number of fused-ring (bicyclic) bond motifs is 5. The van der Waals surface area contributed by atoms with Crippen LogP contribution in [-0.4, -0.2) is 81.4 Å². The molecule has 9 nitrogen and oxygen atoms in total. The summed E-state index contributed by atoms with van der Waals surface area (Å²) in [5, 5.41) is 20.8.